The molecule has 0 spiro atoms. The van der Waals surface area contributed by atoms with Crippen molar-refractivity contribution in [2.45, 2.75) is 26.4 Å². The van der Waals surface area contributed by atoms with Crippen LogP contribution >= 0.6 is 35.0 Å². The number of hydrogen-bond acceptors (Lipinski definition) is 4. The molecule has 2 amide bonds. The van der Waals surface area contributed by atoms with Gasteiger partial charge in [0.2, 0.25) is 5.91 Å². The smallest absolute Gasteiger partial charge is 0.407 e. The van der Waals surface area contributed by atoms with Crippen LogP contribution in [0.5, 0.6) is 0 Å². The number of amides is 2. The molecule has 23 heavy (non-hydrogen) atoms. The van der Waals surface area contributed by atoms with Crippen LogP contribution in [0.3, 0.4) is 0 Å². The van der Waals surface area contributed by atoms with Gasteiger partial charge in [-0.25, -0.2) is 4.79 Å². The van der Waals surface area contributed by atoms with Crippen molar-refractivity contribution >= 4 is 52.7 Å². The molecule has 0 aromatic heterocycles. The van der Waals surface area contributed by atoms with E-state index in [4.69, 9.17) is 27.9 Å². The summed E-state index contributed by atoms with van der Waals surface area (Å²) in [6, 6.07) is 4.87. The zero-order valence-electron chi connectivity index (χ0n) is 13.2. The fourth-order valence-electron chi connectivity index (χ4n) is 1.48. The van der Waals surface area contributed by atoms with Crippen molar-refractivity contribution in [3.63, 3.8) is 0 Å². The quantitative estimate of drug-likeness (QED) is 0.728. The second-order valence-corrected chi connectivity index (χ2v) is 7.60. The SMILES string of the molecule is CC(C)(C)OC(=O)NCCSCC(=O)Nc1ccc(Cl)cc1Cl. The van der Waals surface area contributed by atoms with Crippen molar-refractivity contribution in [3.05, 3.63) is 28.2 Å². The zero-order chi connectivity index (χ0) is 17.5. The molecule has 0 heterocycles. The van der Waals surface area contributed by atoms with E-state index in [1.165, 1.54) is 11.8 Å². The van der Waals surface area contributed by atoms with Gasteiger partial charge in [0, 0.05) is 17.3 Å². The maximum atomic E-state index is 11.8. The molecule has 1 aromatic carbocycles. The fourth-order valence-corrected chi connectivity index (χ4v) is 2.59. The molecule has 0 fully saturated rings. The molecule has 0 saturated carbocycles. The number of hydrogen-bond donors (Lipinski definition) is 2. The van der Waals surface area contributed by atoms with Gasteiger partial charge >= 0.3 is 6.09 Å². The van der Waals surface area contributed by atoms with Crippen LogP contribution in [0.1, 0.15) is 20.8 Å². The highest BCUT2D eigenvalue weighted by Gasteiger charge is 2.15. The molecule has 0 aliphatic carbocycles. The molecular formula is C15H20Cl2N2O3S. The van der Waals surface area contributed by atoms with Crippen molar-refractivity contribution < 1.29 is 14.3 Å². The topological polar surface area (TPSA) is 67.4 Å². The Balaban J connectivity index is 2.21. The number of carbonyl (C=O) groups excluding carboxylic acids is 2. The Morgan fingerprint density at radius 3 is 2.57 bits per heavy atom. The summed E-state index contributed by atoms with van der Waals surface area (Å²) < 4.78 is 5.10. The molecule has 128 valence electrons. The molecule has 0 unspecified atom stereocenters. The largest absolute Gasteiger partial charge is 0.444 e. The summed E-state index contributed by atoms with van der Waals surface area (Å²) in [7, 11) is 0. The molecule has 0 bridgehead atoms. The van der Waals surface area contributed by atoms with Crippen molar-refractivity contribution in [2.75, 3.05) is 23.4 Å². The summed E-state index contributed by atoms with van der Waals surface area (Å²) in [5.41, 5.74) is 0.00291. The predicted molar refractivity (Wildman–Crippen MR) is 96.7 cm³/mol. The fraction of sp³-hybridized carbons (Fsp3) is 0.467. The van der Waals surface area contributed by atoms with Gasteiger partial charge in [-0.1, -0.05) is 23.2 Å². The Bertz CT molecular complexity index is 562. The first-order chi connectivity index (χ1) is 10.7. The maximum absolute atomic E-state index is 11.8. The van der Waals surface area contributed by atoms with E-state index in [2.05, 4.69) is 10.6 Å². The number of thioether (sulfide) groups is 1. The lowest BCUT2D eigenvalue weighted by atomic mass is 10.2. The monoisotopic (exact) mass is 378 g/mol. The standard InChI is InChI=1S/C15H20Cl2N2O3S/c1-15(2,3)22-14(21)18-6-7-23-9-13(20)19-12-5-4-10(16)8-11(12)17/h4-5,8H,6-7,9H2,1-3H3,(H,18,21)(H,19,20). The van der Waals surface area contributed by atoms with Gasteiger partial charge in [-0.3, -0.25) is 4.79 Å². The highest BCUT2D eigenvalue weighted by atomic mass is 35.5. The number of alkyl carbamates (subject to hydrolysis) is 1. The number of rotatable bonds is 6. The number of benzene rings is 1. The predicted octanol–water partition coefficient (Wildman–Crippen LogP) is 4.19. The van der Waals surface area contributed by atoms with E-state index < -0.39 is 11.7 Å². The van der Waals surface area contributed by atoms with Gasteiger partial charge in [0.25, 0.3) is 0 Å². The third-order valence-electron chi connectivity index (χ3n) is 2.35. The second kappa shape index (κ2) is 9.25. The van der Waals surface area contributed by atoms with E-state index >= 15 is 0 Å². The minimum Gasteiger partial charge on any atom is -0.444 e. The summed E-state index contributed by atoms with van der Waals surface area (Å²) in [6.45, 7) is 5.82. The van der Waals surface area contributed by atoms with Crippen LogP contribution in [0.4, 0.5) is 10.5 Å². The maximum Gasteiger partial charge on any atom is 0.407 e. The lowest BCUT2D eigenvalue weighted by molar-refractivity contribution is -0.113. The first kappa shape index (κ1) is 19.9. The Labute approximate surface area is 150 Å². The molecule has 1 aromatic rings. The van der Waals surface area contributed by atoms with E-state index in [0.29, 0.717) is 28.0 Å². The van der Waals surface area contributed by atoms with Crippen LogP contribution in [0.25, 0.3) is 0 Å². The van der Waals surface area contributed by atoms with Gasteiger partial charge in [-0.2, -0.15) is 11.8 Å². The molecule has 5 nitrogen and oxygen atoms in total. The second-order valence-electron chi connectivity index (χ2n) is 5.65. The minimum absolute atomic E-state index is 0.170. The van der Waals surface area contributed by atoms with Crippen molar-refractivity contribution in [2.24, 2.45) is 0 Å². The Morgan fingerprint density at radius 1 is 1.26 bits per heavy atom. The van der Waals surface area contributed by atoms with Crippen LogP contribution in [0.15, 0.2) is 18.2 Å². The van der Waals surface area contributed by atoms with Gasteiger partial charge in [-0.05, 0) is 39.0 Å². The van der Waals surface area contributed by atoms with Gasteiger partial charge in [0.15, 0.2) is 0 Å². The average molecular weight is 379 g/mol. The molecule has 2 N–H and O–H groups in total. The summed E-state index contributed by atoms with van der Waals surface area (Å²) >= 11 is 13.2. The third kappa shape index (κ3) is 8.93. The summed E-state index contributed by atoms with van der Waals surface area (Å²) in [4.78, 5) is 23.2. The normalized spacial score (nSPS) is 11.0. The van der Waals surface area contributed by atoms with Crippen LogP contribution in [0, 0.1) is 0 Å². The van der Waals surface area contributed by atoms with Gasteiger partial charge in [-0.15, -0.1) is 0 Å². The highest BCUT2D eigenvalue weighted by Crippen LogP contribution is 2.25. The van der Waals surface area contributed by atoms with E-state index in [-0.39, 0.29) is 11.7 Å². The Morgan fingerprint density at radius 2 is 1.96 bits per heavy atom. The van der Waals surface area contributed by atoms with Gasteiger partial charge < -0.3 is 15.4 Å². The molecule has 0 atom stereocenters. The molecule has 0 aliphatic heterocycles. The summed E-state index contributed by atoms with van der Waals surface area (Å²) in [5, 5.41) is 6.24. The van der Waals surface area contributed by atoms with E-state index in [0.717, 1.165) is 0 Å². The molecule has 1 rings (SSSR count). The third-order valence-corrected chi connectivity index (χ3v) is 3.86. The number of carbonyl (C=O) groups is 2. The molecule has 0 saturated heterocycles. The van der Waals surface area contributed by atoms with Crippen molar-refractivity contribution in [1.29, 1.82) is 0 Å². The Kier molecular flexibility index (Phi) is 8.02. The highest BCUT2D eigenvalue weighted by molar-refractivity contribution is 7.99. The minimum atomic E-state index is -0.519. The number of anilines is 1. The van der Waals surface area contributed by atoms with Crippen LogP contribution in [-0.4, -0.2) is 35.7 Å². The van der Waals surface area contributed by atoms with E-state index in [1.54, 1.807) is 39.0 Å². The number of ether oxygens (including phenoxy) is 1. The molecule has 8 heteroatoms. The average Bonchev–Trinajstić information content (AvgIpc) is 2.39. The lowest BCUT2D eigenvalue weighted by Gasteiger charge is -2.19. The van der Waals surface area contributed by atoms with Crippen molar-refractivity contribution in [3.8, 4) is 0 Å². The number of nitrogens with one attached hydrogen (secondary N) is 2. The summed E-state index contributed by atoms with van der Waals surface area (Å²) in [6.07, 6.45) is -0.463. The van der Waals surface area contributed by atoms with Crippen LogP contribution in [-0.2, 0) is 9.53 Å². The first-order valence-electron chi connectivity index (χ1n) is 6.97. The lowest BCUT2D eigenvalue weighted by Crippen LogP contribution is -2.33. The van der Waals surface area contributed by atoms with Gasteiger partial charge in [0.05, 0.1) is 16.5 Å². The van der Waals surface area contributed by atoms with Gasteiger partial charge in [0.1, 0.15) is 5.60 Å². The summed E-state index contributed by atoms with van der Waals surface area (Å²) in [5.74, 6) is 0.687. The first-order valence-corrected chi connectivity index (χ1v) is 8.88. The van der Waals surface area contributed by atoms with Crippen LogP contribution < -0.4 is 10.6 Å². The zero-order valence-corrected chi connectivity index (χ0v) is 15.6. The Hall–Kier alpha value is -1.11. The van der Waals surface area contributed by atoms with Crippen LogP contribution in [0.2, 0.25) is 10.0 Å². The van der Waals surface area contributed by atoms with E-state index in [1.807, 2.05) is 0 Å². The van der Waals surface area contributed by atoms with Crippen molar-refractivity contribution in [1.82, 2.24) is 5.32 Å². The molecule has 0 radical (unpaired) electrons. The molecular weight excluding hydrogens is 359 g/mol. The number of halogens is 2. The van der Waals surface area contributed by atoms with E-state index in [9.17, 15) is 9.59 Å². The molecule has 0 aliphatic rings.